The number of hydrogen-bond donors (Lipinski definition) is 2. The molecule has 0 unspecified atom stereocenters. The first kappa shape index (κ1) is 18.9. The Labute approximate surface area is 161 Å². The van der Waals surface area contributed by atoms with Crippen molar-refractivity contribution in [2.45, 2.75) is 5.16 Å². The van der Waals surface area contributed by atoms with Gasteiger partial charge < -0.3 is 5.73 Å². The number of halogens is 2. The number of imide groups is 1. The highest BCUT2D eigenvalue weighted by Crippen LogP contribution is 2.24. The van der Waals surface area contributed by atoms with E-state index in [2.05, 4.69) is 4.98 Å². The van der Waals surface area contributed by atoms with E-state index in [4.69, 9.17) is 17.3 Å². The fourth-order valence-corrected chi connectivity index (χ4v) is 3.35. The van der Waals surface area contributed by atoms with E-state index in [1.807, 2.05) is 5.32 Å². The highest BCUT2D eigenvalue weighted by molar-refractivity contribution is 7.99. The number of thioether (sulfide) groups is 1. The molecule has 3 N–H and O–H groups in total. The van der Waals surface area contributed by atoms with E-state index in [-0.39, 0.29) is 15.9 Å². The Kier molecular flexibility index (Phi) is 5.43. The number of para-hydroxylation sites is 1. The monoisotopic (exact) mass is 406 g/mol. The number of nitrogens with zero attached hydrogens (tertiary/aromatic N) is 2. The first-order chi connectivity index (χ1) is 12.9. The Balaban J connectivity index is 2.12. The molecule has 0 aliphatic heterocycles. The van der Waals surface area contributed by atoms with Gasteiger partial charge in [0, 0.05) is 0 Å². The second-order valence-electron chi connectivity index (χ2n) is 5.35. The SMILES string of the molecule is NC(=O)NC(=O)CSc1nc2ccccc2c(=O)n1-c1ccc(F)c(Cl)c1. The molecule has 0 bridgehead atoms. The molecule has 0 saturated carbocycles. The van der Waals surface area contributed by atoms with Gasteiger partial charge in [-0.3, -0.25) is 19.5 Å². The van der Waals surface area contributed by atoms with Crippen molar-refractivity contribution >= 4 is 46.2 Å². The smallest absolute Gasteiger partial charge is 0.318 e. The summed E-state index contributed by atoms with van der Waals surface area (Å²) in [6.45, 7) is 0. The molecular weight excluding hydrogens is 395 g/mol. The predicted octanol–water partition coefficient (Wildman–Crippen LogP) is 2.47. The molecule has 3 amide bonds. The molecule has 7 nitrogen and oxygen atoms in total. The minimum atomic E-state index is -0.977. The Hall–Kier alpha value is -2.91. The zero-order valence-electron chi connectivity index (χ0n) is 13.6. The second-order valence-corrected chi connectivity index (χ2v) is 6.70. The summed E-state index contributed by atoms with van der Waals surface area (Å²) in [4.78, 5) is 39.8. The Morgan fingerprint density at radius 3 is 2.70 bits per heavy atom. The van der Waals surface area contributed by atoms with Gasteiger partial charge in [0.25, 0.3) is 5.56 Å². The van der Waals surface area contributed by atoms with Crippen LogP contribution >= 0.6 is 23.4 Å². The molecular formula is C17H12ClFN4O3S. The van der Waals surface area contributed by atoms with Crippen molar-refractivity contribution in [1.82, 2.24) is 14.9 Å². The highest BCUT2D eigenvalue weighted by atomic mass is 35.5. The molecule has 3 rings (SSSR count). The normalized spacial score (nSPS) is 10.7. The number of nitrogens with one attached hydrogen (secondary N) is 1. The van der Waals surface area contributed by atoms with Crippen molar-refractivity contribution in [1.29, 1.82) is 0 Å². The fraction of sp³-hybridized carbons (Fsp3) is 0.0588. The van der Waals surface area contributed by atoms with Crippen molar-refractivity contribution in [3.05, 3.63) is 63.7 Å². The van der Waals surface area contributed by atoms with Crippen LogP contribution in [0, 0.1) is 5.82 Å². The van der Waals surface area contributed by atoms with E-state index in [9.17, 15) is 18.8 Å². The minimum Gasteiger partial charge on any atom is -0.351 e. The highest BCUT2D eigenvalue weighted by Gasteiger charge is 2.16. The van der Waals surface area contributed by atoms with E-state index in [0.29, 0.717) is 16.6 Å². The minimum absolute atomic E-state index is 0.157. The Morgan fingerprint density at radius 2 is 2.00 bits per heavy atom. The summed E-state index contributed by atoms with van der Waals surface area (Å²) in [6.07, 6.45) is 0. The van der Waals surface area contributed by atoms with E-state index < -0.39 is 23.3 Å². The number of rotatable bonds is 4. The molecule has 0 radical (unpaired) electrons. The summed E-state index contributed by atoms with van der Waals surface area (Å²) in [5, 5.41) is 2.31. The molecule has 0 aliphatic rings. The quantitative estimate of drug-likeness (QED) is 0.511. The van der Waals surface area contributed by atoms with E-state index >= 15 is 0 Å². The van der Waals surface area contributed by atoms with Crippen LogP contribution in [0.3, 0.4) is 0 Å². The van der Waals surface area contributed by atoms with Crippen molar-refractivity contribution in [3.63, 3.8) is 0 Å². The lowest BCUT2D eigenvalue weighted by Gasteiger charge is -2.13. The average Bonchev–Trinajstić information content (AvgIpc) is 2.62. The third-order valence-corrected chi connectivity index (χ3v) is 4.73. The summed E-state index contributed by atoms with van der Waals surface area (Å²) in [5.41, 5.74) is 5.24. The number of nitrogens with two attached hydrogens (primary N) is 1. The van der Waals surface area contributed by atoms with Gasteiger partial charge in [-0.15, -0.1) is 0 Å². The van der Waals surface area contributed by atoms with Gasteiger partial charge in [-0.2, -0.15) is 0 Å². The van der Waals surface area contributed by atoms with Gasteiger partial charge in [-0.05, 0) is 30.3 Å². The zero-order chi connectivity index (χ0) is 19.6. The fourth-order valence-electron chi connectivity index (χ4n) is 2.36. The molecule has 0 atom stereocenters. The van der Waals surface area contributed by atoms with E-state index in [1.54, 1.807) is 24.3 Å². The largest absolute Gasteiger partial charge is 0.351 e. The molecule has 2 aromatic carbocycles. The van der Waals surface area contributed by atoms with Gasteiger partial charge in [0.2, 0.25) is 5.91 Å². The third-order valence-electron chi connectivity index (χ3n) is 3.50. The van der Waals surface area contributed by atoms with Crippen molar-refractivity contribution in [2.75, 3.05) is 5.75 Å². The van der Waals surface area contributed by atoms with Crippen molar-refractivity contribution in [3.8, 4) is 5.69 Å². The van der Waals surface area contributed by atoms with Crippen LogP contribution in [0.4, 0.5) is 9.18 Å². The third kappa shape index (κ3) is 4.09. The van der Waals surface area contributed by atoms with Crippen LogP contribution in [0.2, 0.25) is 5.02 Å². The topological polar surface area (TPSA) is 107 Å². The van der Waals surface area contributed by atoms with Gasteiger partial charge in [0.15, 0.2) is 5.16 Å². The first-order valence-corrected chi connectivity index (χ1v) is 8.92. The maximum atomic E-state index is 13.5. The Bertz CT molecular complexity index is 1120. The maximum absolute atomic E-state index is 13.5. The lowest BCUT2D eigenvalue weighted by molar-refractivity contribution is -0.117. The number of hydrogen-bond acceptors (Lipinski definition) is 5. The molecule has 10 heteroatoms. The molecule has 3 aromatic rings. The molecule has 1 heterocycles. The van der Waals surface area contributed by atoms with E-state index in [1.165, 1.54) is 16.7 Å². The van der Waals surface area contributed by atoms with Crippen LogP contribution in [0.15, 0.2) is 52.4 Å². The lowest BCUT2D eigenvalue weighted by atomic mass is 10.2. The molecule has 0 spiro atoms. The first-order valence-electron chi connectivity index (χ1n) is 7.56. The summed E-state index contributed by atoms with van der Waals surface area (Å²) >= 11 is 6.76. The number of carbonyl (C=O) groups is 2. The molecule has 27 heavy (non-hydrogen) atoms. The van der Waals surface area contributed by atoms with Crippen LogP contribution in [0.5, 0.6) is 0 Å². The average molecular weight is 407 g/mol. The van der Waals surface area contributed by atoms with Crippen LogP contribution in [0.1, 0.15) is 0 Å². The number of amides is 3. The molecule has 0 aliphatic carbocycles. The predicted molar refractivity (Wildman–Crippen MR) is 101 cm³/mol. The number of aromatic nitrogens is 2. The number of fused-ring (bicyclic) bond motifs is 1. The van der Waals surface area contributed by atoms with Crippen LogP contribution < -0.4 is 16.6 Å². The van der Waals surface area contributed by atoms with Gasteiger partial charge in [0.1, 0.15) is 5.82 Å². The van der Waals surface area contributed by atoms with Crippen LogP contribution in [-0.2, 0) is 4.79 Å². The number of urea groups is 1. The van der Waals surface area contributed by atoms with E-state index in [0.717, 1.165) is 17.8 Å². The van der Waals surface area contributed by atoms with Gasteiger partial charge in [-0.25, -0.2) is 14.2 Å². The second kappa shape index (κ2) is 7.77. The summed E-state index contributed by atoms with van der Waals surface area (Å²) in [6, 6.07) is 9.52. The zero-order valence-corrected chi connectivity index (χ0v) is 15.2. The van der Waals surface area contributed by atoms with Gasteiger partial charge >= 0.3 is 6.03 Å². The summed E-state index contributed by atoms with van der Waals surface area (Å²) in [5.74, 6) is -1.47. The summed E-state index contributed by atoms with van der Waals surface area (Å²) < 4.78 is 14.7. The molecule has 138 valence electrons. The molecule has 1 aromatic heterocycles. The van der Waals surface area contributed by atoms with Gasteiger partial charge in [-0.1, -0.05) is 35.5 Å². The van der Waals surface area contributed by atoms with Crippen LogP contribution in [0.25, 0.3) is 16.6 Å². The number of carbonyl (C=O) groups excluding carboxylic acids is 2. The van der Waals surface area contributed by atoms with Gasteiger partial charge in [0.05, 0.1) is 27.4 Å². The Morgan fingerprint density at radius 1 is 1.26 bits per heavy atom. The molecule has 0 fully saturated rings. The lowest BCUT2D eigenvalue weighted by Crippen LogP contribution is -2.36. The van der Waals surface area contributed by atoms with Crippen molar-refractivity contribution < 1.29 is 14.0 Å². The summed E-state index contributed by atoms with van der Waals surface area (Å²) in [7, 11) is 0. The van der Waals surface area contributed by atoms with Crippen LogP contribution in [-0.4, -0.2) is 27.2 Å². The standard InChI is InChI=1S/C17H12ClFN4O3S/c18-11-7-9(5-6-12(11)19)23-15(25)10-3-1-2-4-13(10)21-17(23)27-8-14(24)22-16(20)26/h1-7H,8H2,(H3,20,22,24,26). The number of benzene rings is 2. The number of primary amides is 1. The van der Waals surface area contributed by atoms with Crippen molar-refractivity contribution in [2.24, 2.45) is 5.73 Å². The maximum Gasteiger partial charge on any atom is 0.318 e. The molecule has 0 saturated heterocycles.